The maximum Gasteiger partial charge on any atom is 0.0877 e. The number of nitrogens with zero attached hydrogens (tertiary/aromatic N) is 2. The molecule has 1 aliphatic heterocycles. The Balaban J connectivity index is 2.06. The zero-order chi connectivity index (χ0) is 9.10. The Morgan fingerprint density at radius 2 is 2.62 bits per heavy atom. The van der Waals surface area contributed by atoms with Gasteiger partial charge < -0.3 is 10.1 Å². The van der Waals surface area contributed by atoms with Crippen LogP contribution in [0.5, 0.6) is 0 Å². The second-order valence-electron chi connectivity index (χ2n) is 3.07. The van der Waals surface area contributed by atoms with Gasteiger partial charge in [0.15, 0.2) is 0 Å². The minimum absolute atomic E-state index is 0.314. The van der Waals surface area contributed by atoms with E-state index in [1.54, 1.807) is 6.20 Å². The van der Waals surface area contributed by atoms with E-state index < -0.39 is 0 Å². The molecule has 1 fully saturated rings. The van der Waals surface area contributed by atoms with E-state index in [0.29, 0.717) is 6.04 Å². The van der Waals surface area contributed by atoms with Gasteiger partial charge in [0.05, 0.1) is 29.9 Å². The van der Waals surface area contributed by atoms with Crippen LogP contribution in [-0.2, 0) is 4.74 Å². The molecule has 0 spiro atoms. The van der Waals surface area contributed by atoms with Crippen molar-refractivity contribution in [1.82, 2.24) is 15.1 Å². The second-order valence-corrected chi connectivity index (χ2v) is 3.99. The molecule has 0 aromatic carbocycles. The number of rotatable bonds is 1. The molecular formula is C8H12BrN3O. The summed E-state index contributed by atoms with van der Waals surface area (Å²) in [5.41, 5.74) is 0. The summed E-state index contributed by atoms with van der Waals surface area (Å²) in [6.07, 6.45) is 3.77. The van der Waals surface area contributed by atoms with Crippen molar-refractivity contribution in [3.8, 4) is 0 Å². The van der Waals surface area contributed by atoms with Crippen LogP contribution in [0.25, 0.3) is 0 Å². The summed E-state index contributed by atoms with van der Waals surface area (Å²) < 4.78 is 8.38. The highest BCUT2D eigenvalue weighted by molar-refractivity contribution is 9.10. The van der Waals surface area contributed by atoms with Crippen molar-refractivity contribution in [2.45, 2.75) is 6.04 Å². The lowest BCUT2D eigenvalue weighted by atomic mass is 10.3. The van der Waals surface area contributed by atoms with Crippen LogP contribution in [0.1, 0.15) is 6.04 Å². The largest absolute Gasteiger partial charge is 0.378 e. The average Bonchev–Trinajstić information content (AvgIpc) is 2.43. The van der Waals surface area contributed by atoms with Crippen LogP contribution >= 0.6 is 15.9 Å². The van der Waals surface area contributed by atoms with Crippen LogP contribution in [0.4, 0.5) is 0 Å². The average molecular weight is 246 g/mol. The van der Waals surface area contributed by atoms with Gasteiger partial charge in [0.25, 0.3) is 0 Å². The molecule has 1 aromatic heterocycles. The van der Waals surface area contributed by atoms with E-state index in [1.165, 1.54) is 0 Å². The van der Waals surface area contributed by atoms with Crippen LogP contribution in [0, 0.1) is 0 Å². The molecule has 0 saturated carbocycles. The van der Waals surface area contributed by atoms with Gasteiger partial charge in [-0.25, -0.2) is 0 Å². The van der Waals surface area contributed by atoms with Crippen molar-refractivity contribution < 1.29 is 4.74 Å². The maximum absolute atomic E-state index is 5.43. The van der Waals surface area contributed by atoms with Gasteiger partial charge in [0, 0.05) is 19.3 Å². The first-order valence-corrected chi connectivity index (χ1v) is 5.13. The molecule has 1 aliphatic rings. The molecule has 1 saturated heterocycles. The van der Waals surface area contributed by atoms with Crippen molar-refractivity contribution in [2.24, 2.45) is 0 Å². The molecule has 1 N–H and O–H groups in total. The van der Waals surface area contributed by atoms with E-state index in [9.17, 15) is 0 Å². The summed E-state index contributed by atoms with van der Waals surface area (Å²) in [6, 6.07) is 0.314. The van der Waals surface area contributed by atoms with Crippen molar-refractivity contribution in [2.75, 3.05) is 26.3 Å². The van der Waals surface area contributed by atoms with Crippen molar-refractivity contribution in [1.29, 1.82) is 0 Å². The third kappa shape index (κ3) is 2.30. The molecule has 0 amide bonds. The van der Waals surface area contributed by atoms with E-state index in [4.69, 9.17) is 4.74 Å². The van der Waals surface area contributed by atoms with Crippen LogP contribution in [-0.4, -0.2) is 36.1 Å². The highest BCUT2D eigenvalue weighted by atomic mass is 79.9. The molecule has 1 atom stereocenters. The Bertz CT molecular complexity index is 268. The van der Waals surface area contributed by atoms with Gasteiger partial charge in [-0.15, -0.1) is 0 Å². The molecule has 2 heterocycles. The Labute approximate surface area is 85.4 Å². The summed E-state index contributed by atoms with van der Waals surface area (Å²) >= 11 is 3.37. The quantitative estimate of drug-likeness (QED) is 0.796. The van der Waals surface area contributed by atoms with E-state index in [0.717, 1.165) is 30.8 Å². The molecular weight excluding hydrogens is 234 g/mol. The van der Waals surface area contributed by atoms with Crippen LogP contribution in [0.2, 0.25) is 0 Å². The van der Waals surface area contributed by atoms with Gasteiger partial charge in [-0.3, -0.25) is 4.68 Å². The number of hydrogen-bond acceptors (Lipinski definition) is 3. The lowest BCUT2D eigenvalue weighted by Gasteiger charge is -2.13. The SMILES string of the molecule is Brc1cnn(C2CNCCOC2)c1. The highest BCUT2D eigenvalue weighted by Gasteiger charge is 2.14. The van der Waals surface area contributed by atoms with Crippen molar-refractivity contribution in [3.05, 3.63) is 16.9 Å². The van der Waals surface area contributed by atoms with Gasteiger partial charge in [-0.2, -0.15) is 5.10 Å². The highest BCUT2D eigenvalue weighted by Crippen LogP contribution is 2.12. The number of aromatic nitrogens is 2. The van der Waals surface area contributed by atoms with E-state index in [-0.39, 0.29) is 0 Å². The number of hydrogen-bond donors (Lipinski definition) is 1. The smallest absolute Gasteiger partial charge is 0.0877 e. The number of halogens is 1. The monoisotopic (exact) mass is 245 g/mol. The Kier molecular flexibility index (Phi) is 2.97. The van der Waals surface area contributed by atoms with Crippen molar-refractivity contribution >= 4 is 15.9 Å². The van der Waals surface area contributed by atoms with Crippen LogP contribution < -0.4 is 5.32 Å². The van der Waals surface area contributed by atoms with Gasteiger partial charge in [-0.05, 0) is 15.9 Å². The molecule has 0 radical (unpaired) electrons. The fraction of sp³-hybridized carbons (Fsp3) is 0.625. The standard InChI is InChI=1S/C8H12BrN3O/c9-7-3-11-12(5-7)8-4-10-1-2-13-6-8/h3,5,8,10H,1-2,4,6H2. The van der Waals surface area contributed by atoms with Crippen LogP contribution in [0.15, 0.2) is 16.9 Å². The third-order valence-corrected chi connectivity index (χ3v) is 2.47. The molecule has 1 aromatic rings. The molecule has 2 rings (SSSR count). The molecule has 13 heavy (non-hydrogen) atoms. The molecule has 0 aliphatic carbocycles. The summed E-state index contributed by atoms with van der Waals surface area (Å²) in [5, 5.41) is 7.53. The number of nitrogens with one attached hydrogen (secondary N) is 1. The molecule has 1 unspecified atom stereocenters. The zero-order valence-corrected chi connectivity index (χ0v) is 8.83. The summed E-state index contributed by atoms with van der Waals surface area (Å²) in [7, 11) is 0. The van der Waals surface area contributed by atoms with E-state index in [2.05, 4.69) is 26.3 Å². The molecule has 5 heteroatoms. The van der Waals surface area contributed by atoms with Crippen LogP contribution in [0.3, 0.4) is 0 Å². The number of ether oxygens (including phenoxy) is 1. The molecule has 0 bridgehead atoms. The predicted molar refractivity (Wildman–Crippen MR) is 52.7 cm³/mol. The molecule has 4 nitrogen and oxygen atoms in total. The Morgan fingerprint density at radius 3 is 3.38 bits per heavy atom. The summed E-state index contributed by atoms with van der Waals surface area (Å²) in [6.45, 7) is 3.38. The Morgan fingerprint density at radius 1 is 1.69 bits per heavy atom. The second kappa shape index (κ2) is 4.21. The minimum Gasteiger partial charge on any atom is -0.378 e. The Hall–Kier alpha value is -0.390. The normalized spacial score (nSPS) is 24.2. The fourth-order valence-electron chi connectivity index (χ4n) is 1.38. The molecule has 72 valence electrons. The van der Waals surface area contributed by atoms with Gasteiger partial charge in [0.1, 0.15) is 0 Å². The first kappa shape index (κ1) is 9.18. The van der Waals surface area contributed by atoms with E-state index in [1.807, 2.05) is 10.9 Å². The summed E-state index contributed by atoms with van der Waals surface area (Å²) in [4.78, 5) is 0. The predicted octanol–water partition coefficient (Wildman–Crippen LogP) is 0.806. The van der Waals surface area contributed by atoms with Gasteiger partial charge in [-0.1, -0.05) is 0 Å². The minimum atomic E-state index is 0.314. The van der Waals surface area contributed by atoms with E-state index >= 15 is 0 Å². The first-order chi connectivity index (χ1) is 6.36. The topological polar surface area (TPSA) is 39.1 Å². The summed E-state index contributed by atoms with van der Waals surface area (Å²) in [5.74, 6) is 0. The zero-order valence-electron chi connectivity index (χ0n) is 7.24. The lowest BCUT2D eigenvalue weighted by Crippen LogP contribution is -2.25. The van der Waals surface area contributed by atoms with Crippen molar-refractivity contribution in [3.63, 3.8) is 0 Å². The lowest BCUT2D eigenvalue weighted by molar-refractivity contribution is 0.122. The fourth-order valence-corrected chi connectivity index (χ4v) is 1.68. The first-order valence-electron chi connectivity index (χ1n) is 4.34. The van der Waals surface area contributed by atoms with Gasteiger partial charge >= 0.3 is 0 Å². The third-order valence-electron chi connectivity index (χ3n) is 2.06. The maximum atomic E-state index is 5.43. The van der Waals surface area contributed by atoms with Gasteiger partial charge in [0.2, 0.25) is 0 Å².